The van der Waals surface area contributed by atoms with Gasteiger partial charge in [-0.05, 0) is 12.1 Å². The number of ether oxygens (including phenoxy) is 2. The first-order valence-corrected chi connectivity index (χ1v) is 7.22. The van der Waals surface area contributed by atoms with E-state index >= 15 is 0 Å². The summed E-state index contributed by atoms with van der Waals surface area (Å²) in [5.41, 5.74) is 0.679. The zero-order valence-electron chi connectivity index (χ0n) is 11.1. The molecule has 0 bridgehead atoms. The Labute approximate surface area is 139 Å². The Bertz CT molecular complexity index is 621. The normalized spacial score (nSPS) is 24.2. The van der Waals surface area contributed by atoms with Crippen LogP contribution in [-0.4, -0.2) is 34.0 Å². The van der Waals surface area contributed by atoms with E-state index in [2.05, 4.69) is 4.98 Å². The van der Waals surface area contributed by atoms with Gasteiger partial charge in [-0.2, -0.15) is 0 Å². The van der Waals surface area contributed by atoms with Crippen molar-refractivity contribution < 1.29 is 14.6 Å². The Morgan fingerprint density at radius 1 is 1.41 bits per heavy atom. The maximum absolute atomic E-state index is 9.31. The number of imidazole rings is 1. The predicted molar refractivity (Wildman–Crippen MR) is 85.0 cm³/mol. The first kappa shape index (κ1) is 17.2. The summed E-state index contributed by atoms with van der Waals surface area (Å²) < 4.78 is 13.6. The molecule has 7 heteroatoms. The third kappa shape index (κ3) is 3.29. The van der Waals surface area contributed by atoms with E-state index in [9.17, 15) is 5.11 Å². The molecule has 1 saturated heterocycles. The van der Waals surface area contributed by atoms with Crippen molar-refractivity contribution in [2.75, 3.05) is 13.2 Å². The molecule has 0 aliphatic carbocycles. The first-order chi connectivity index (χ1) is 10.1. The minimum atomic E-state index is -1.06. The molecule has 1 aromatic carbocycles. The summed E-state index contributed by atoms with van der Waals surface area (Å²) in [7, 11) is 0. The van der Waals surface area contributed by atoms with Crippen LogP contribution in [0.5, 0.6) is 0 Å². The average Bonchev–Trinajstić information content (AvgIpc) is 3.09. The van der Waals surface area contributed by atoms with E-state index in [1.807, 2.05) is 10.8 Å². The van der Waals surface area contributed by atoms with Gasteiger partial charge >= 0.3 is 0 Å². The zero-order chi connectivity index (χ0) is 14.9. The third-order valence-corrected chi connectivity index (χ3v) is 3.90. The standard InChI is InChI=1S/C14H14Cl2N2O3.CH4/c15-10-1-2-12(13(16)5-10)14(8-18-4-3-17-9-18)20-7-11(6-19)21-14;/h1-5,9,11,19H,6-8H2;1H4/t11-,14-;/m1./s1. The fourth-order valence-electron chi connectivity index (χ4n) is 2.38. The number of aliphatic hydroxyl groups is 1. The second kappa shape index (κ2) is 6.98. The molecule has 22 heavy (non-hydrogen) atoms. The molecule has 1 aliphatic rings. The molecule has 1 N–H and O–H groups in total. The second-order valence-corrected chi connectivity index (χ2v) is 5.69. The largest absolute Gasteiger partial charge is 0.394 e. The van der Waals surface area contributed by atoms with Gasteiger partial charge in [0, 0.05) is 23.0 Å². The van der Waals surface area contributed by atoms with Crippen LogP contribution in [0.3, 0.4) is 0 Å². The van der Waals surface area contributed by atoms with Crippen molar-refractivity contribution in [1.82, 2.24) is 9.55 Å². The van der Waals surface area contributed by atoms with Crippen LogP contribution in [-0.2, 0) is 21.8 Å². The molecule has 1 aliphatic heterocycles. The lowest BCUT2D eigenvalue weighted by Crippen LogP contribution is -2.34. The number of halogens is 2. The number of hydrogen-bond donors (Lipinski definition) is 1. The highest BCUT2D eigenvalue weighted by Crippen LogP contribution is 2.40. The number of aromatic nitrogens is 2. The van der Waals surface area contributed by atoms with Crippen molar-refractivity contribution in [1.29, 1.82) is 0 Å². The number of aliphatic hydroxyl groups excluding tert-OH is 1. The summed E-state index contributed by atoms with van der Waals surface area (Å²) in [6, 6.07) is 5.16. The molecular weight excluding hydrogens is 327 g/mol. The highest BCUT2D eigenvalue weighted by molar-refractivity contribution is 6.35. The van der Waals surface area contributed by atoms with Gasteiger partial charge in [-0.25, -0.2) is 4.98 Å². The van der Waals surface area contributed by atoms with Crippen LogP contribution in [0.4, 0.5) is 0 Å². The minimum absolute atomic E-state index is 0. The van der Waals surface area contributed by atoms with Crippen LogP contribution in [0, 0.1) is 0 Å². The molecule has 1 fully saturated rings. The van der Waals surface area contributed by atoms with Crippen LogP contribution < -0.4 is 0 Å². The molecule has 2 heterocycles. The summed E-state index contributed by atoms with van der Waals surface area (Å²) in [5, 5.41) is 10.3. The summed E-state index contributed by atoms with van der Waals surface area (Å²) in [5.74, 6) is -1.06. The van der Waals surface area contributed by atoms with Crippen molar-refractivity contribution in [3.05, 3.63) is 52.5 Å². The van der Waals surface area contributed by atoms with E-state index in [1.54, 1.807) is 30.7 Å². The van der Waals surface area contributed by atoms with Gasteiger partial charge in [0.2, 0.25) is 5.79 Å². The van der Waals surface area contributed by atoms with E-state index in [0.717, 1.165) is 0 Å². The molecule has 5 nitrogen and oxygen atoms in total. The molecule has 2 atom stereocenters. The third-order valence-electron chi connectivity index (χ3n) is 3.35. The quantitative estimate of drug-likeness (QED) is 0.925. The zero-order valence-corrected chi connectivity index (χ0v) is 12.6. The molecule has 3 rings (SSSR count). The van der Waals surface area contributed by atoms with Gasteiger partial charge in [-0.1, -0.05) is 36.7 Å². The van der Waals surface area contributed by atoms with Crippen molar-refractivity contribution in [2.45, 2.75) is 25.9 Å². The fraction of sp³-hybridized carbons (Fsp3) is 0.400. The number of hydrogen-bond acceptors (Lipinski definition) is 4. The van der Waals surface area contributed by atoms with Gasteiger partial charge in [0.25, 0.3) is 0 Å². The van der Waals surface area contributed by atoms with Crippen LogP contribution in [0.15, 0.2) is 36.9 Å². The Kier molecular flexibility index (Phi) is 5.47. The Morgan fingerprint density at radius 3 is 2.82 bits per heavy atom. The fourth-order valence-corrected chi connectivity index (χ4v) is 2.94. The predicted octanol–water partition coefficient (Wildman–Crippen LogP) is 3.09. The summed E-state index contributed by atoms with van der Waals surface area (Å²) in [6.45, 7) is 0.561. The Hall–Kier alpha value is -1.11. The second-order valence-electron chi connectivity index (χ2n) is 4.85. The molecule has 120 valence electrons. The smallest absolute Gasteiger partial charge is 0.215 e. The van der Waals surface area contributed by atoms with Crippen molar-refractivity contribution in [3.63, 3.8) is 0 Å². The van der Waals surface area contributed by atoms with Crippen LogP contribution in [0.1, 0.15) is 13.0 Å². The number of rotatable bonds is 4. The van der Waals surface area contributed by atoms with Crippen LogP contribution >= 0.6 is 23.2 Å². The summed E-state index contributed by atoms with van der Waals surface area (Å²) in [6.07, 6.45) is 4.77. The van der Waals surface area contributed by atoms with E-state index in [1.165, 1.54) is 0 Å². The van der Waals surface area contributed by atoms with Crippen LogP contribution in [0.25, 0.3) is 0 Å². The Balaban J connectivity index is 0.00000176. The lowest BCUT2D eigenvalue weighted by Gasteiger charge is -2.29. The molecule has 2 aromatic rings. The average molecular weight is 345 g/mol. The van der Waals surface area contributed by atoms with Crippen molar-refractivity contribution in [2.24, 2.45) is 0 Å². The van der Waals surface area contributed by atoms with Gasteiger partial charge in [0.15, 0.2) is 0 Å². The lowest BCUT2D eigenvalue weighted by atomic mass is 10.1. The van der Waals surface area contributed by atoms with Crippen molar-refractivity contribution in [3.8, 4) is 0 Å². The van der Waals surface area contributed by atoms with Crippen LogP contribution in [0.2, 0.25) is 10.0 Å². The highest BCUT2D eigenvalue weighted by atomic mass is 35.5. The maximum Gasteiger partial charge on any atom is 0.215 e. The number of benzene rings is 1. The van der Waals surface area contributed by atoms with Gasteiger partial charge in [-0.15, -0.1) is 0 Å². The minimum Gasteiger partial charge on any atom is -0.394 e. The molecule has 0 amide bonds. The van der Waals surface area contributed by atoms with Gasteiger partial charge in [-0.3, -0.25) is 0 Å². The lowest BCUT2D eigenvalue weighted by molar-refractivity contribution is -0.189. The molecule has 1 aromatic heterocycles. The summed E-state index contributed by atoms with van der Waals surface area (Å²) in [4.78, 5) is 4.01. The summed E-state index contributed by atoms with van der Waals surface area (Å²) >= 11 is 12.2. The SMILES string of the molecule is C.OC[C@@H]1CO[C@@](Cn2ccnc2)(c2ccc(Cl)cc2Cl)O1. The van der Waals surface area contributed by atoms with E-state index in [0.29, 0.717) is 28.8 Å². The number of nitrogens with zero attached hydrogens (tertiary/aromatic N) is 2. The van der Waals surface area contributed by atoms with E-state index < -0.39 is 5.79 Å². The Morgan fingerprint density at radius 2 is 2.23 bits per heavy atom. The van der Waals surface area contributed by atoms with Gasteiger partial charge in [0.05, 0.1) is 31.1 Å². The molecular formula is C15H18Cl2N2O3. The molecule has 0 unspecified atom stereocenters. The first-order valence-electron chi connectivity index (χ1n) is 6.47. The monoisotopic (exact) mass is 344 g/mol. The highest BCUT2D eigenvalue weighted by Gasteiger charge is 2.44. The molecule has 0 radical (unpaired) electrons. The molecule has 0 spiro atoms. The van der Waals surface area contributed by atoms with E-state index in [4.69, 9.17) is 32.7 Å². The van der Waals surface area contributed by atoms with E-state index in [-0.39, 0.29) is 20.1 Å². The van der Waals surface area contributed by atoms with Gasteiger partial charge in [0.1, 0.15) is 6.10 Å². The maximum atomic E-state index is 9.31. The van der Waals surface area contributed by atoms with Crippen molar-refractivity contribution >= 4 is 23.2 Å². The van der Waals surface area contributed by atoms with Gasteiger partial charge < -0.3 is 19.1 Å². The topological polar surface area (TPSA) is 56.5 Å². The molecule has 0 saturated carbocycles.